The lowest BCUT2D eigenvalue weighted by atomic mass is 10.2. The van der Waals surface area contributed by atoms with E-state index in [4.69, 9.17) is 9.47 Å². The number of ether oxygens (including phenoxy) is 2. The Bertz CT molecular complexity index is 1320. The highest BCUT2D eigenvalue weighted by Gasteiger charge is 2.24. The molecule has 0 saturated heterocycles. The summed E-state index contributed by atoms with van der Waals surface area (Å²) in [5.74, 6) is -1.75. The summed E-state index contributed by atoms with van der Waals surface area (Å²) in [5.41, 5.74) is 2.55. The van der Waals surface area contributed by atoms with Crippen molar-refractivity contribution in [1.82, 2.24) is 14.9 Å². The molecular formula is C26H24N4O5. The lowest BCUT2D eigenvalue weighted by Crippen LogP contribution is -2.39. The molecule has 0 aliphatic heterocycles. The summed E-state index contributed by atoms with van der Waals surface area (Å²) in [5, 5.41) is 4.03. The fourth-order valence-corrected chi connectivity index (χ4v) is 3.52. The van der Waals surface area contributed by atoms with Crippen LogP contribution in [-0.2, 0) is 14.3 Å². The van der Waals surface area contributed by atoms with Crippen LogP contribution in [0.4, 0.5) is 11.4 Å². The fourth-order valence-electron chi connectivity index (χ4n) is 3.52. The van der Waals surface area contributed by atoms with Crippen LogP contribution in [0.2, 0.25) is 0 Å². The van der Waals surface area contributed by atoms with E-state index in [1.54, 1.807) is 61.8 Å². The Morgan fingerprint density at radius 3 is 2.40 bits per heavy atom. The van der Waals surface area contributed by atoms with Gasteiger partial charge in [0, 0.05) is 34.5 Å². The number of aromatic amines is 1. The Balaban J connectivity index is 1.57. The number of aromatic nitrogens is 2. The first kappa shape index (κ1) is 23.5. The number of benzene rings is 2. The number of hydrogen-bond acceptors (Lipinski definition) is 7. The first-order chi connectivity index (χ1) is 17.1. The number of H-pyrrole nitrogens is 1. The predicted octanol–water partition coefficient (Wildman–Crippen LogP) is 4.13. The number of esters is 2. The monoisotopic (exact) mass is 472 g/mol. The van der Waals surface area contributed by atoms with E-state index in [1.165, 1.54) is 0 Å². The second-order valence-electron chi connectivity index (χ2n) is 7.52. The van der Waals surface area contributed by atoms with E-state index < -0.39 is 24.6 Å². The topological polar surface area (TPSA) is 114 Å². The zero-order valence-electron chi connectivity index (χ0n) is 19.1. The van der Waals surface area contributed by atoms with Crippen molar-refractivity contribution in [3.8, 4) is 0 Å². The van der Waals surface area contributed by atoms with Crippen LogP contribution in [-0.4, -0.2) is 52.6 Å². The van der Waals surface area contributed by atoms with Gasteiger partial charge in [0.15, 0.2) is 6.73 Å². The highest BCUT2D eigenvalue weighted by molar-refractivity contribution is 6.07. The van der Waals surface area contributed by atoms with Crippen LogP contribution in [0, 0.1) is 0 Å². The number of anilines is 2. The van der Waals surface area contributed by atoms with Gasteiger partial charge in [-0.15, -0.1) is 0 Å². The van der Waals surface area contributed by atoms with E-state index in [2.05, 4.69) is 15.3 Å². The second-order valence-corrected chi connectivity index (χ2v) is 7.52. The molecule has 0 aliphatic carbocycles. The van der Waals surface area contributed by atoms with Gasteiger partial charge in [-0.05, 0) is 37.3 Å². The van der Waals surface area contributed by atoms with Crippen molar-refractivity contribution < 1.29 is 23.9 Å². The Morgan fingerprint density at radius 1 is 0.943 bits per heavy atom. The smallest absolute Gasteiger partial charge is 0.358 e. The van der Waals surface area contributed by atoms with Gasteiger partial charge in [0.25, 0.3) is 5.91 Å². The number of carbonyl (C=O) groups is 3. The molecule has 0 bridgehead atoms. The molecule has 0 spiro atoms. The van der Waals surface area contributed by atoms with E-state index in [0.717, 1.165) is 21.5 Å². The van der Waals surface area contributed by atoms with Crippen LogP contribution in [0.1, 0.15) is 27.8 Å². The van der Waals surface area contributed by atoms with E-state index in [9.17, 15) is 14.4 Å². The third kappa shape index (κ3) is 5.64. The van der Waals surface area contributed by atoms with Gasteiger partial charge in [0.2, 0.25) is 0 Å². The Kier molecular flexibility index (Phi) is 7.37. The average molecular weight is 473 g/mol. The molecule has 9 nitrogen and oxygen atoms in total. The molecule has 2 aromatic carbocycles. The molecule has 0 radical (unpaired) electrons. The molecule has 9 heteroatoms. The molecule has 0 aliphatic rings. The largest absolute Gasteiger partial charge is 0.465 e. The lowest BCUT2D eigenvalue weighted by molar-refractivity contribution is -0.144. The number of rotatable bonds is 9. The molecule has 2 aromatic heterocycles. The molecule has 2 N–H and O–H groups in total. The van der Waals surface area contributed by atoms with Gasteiger partial charge in [-0.1, -0.05) is 36.4 Å². The Labute approximate surface area is 201 Å². The van der Waals surface area contributed by atoms with Gasteiger partial charge < -0.3 is 19.8 Å². The van der Waals surface area contributed by atoms with Gasteiger partial charge in [-0.3, -0.25) is 19.5 Å². The second kappa shape index (κ2) is 11.0. The summed E-state index contributed by atoms with van der Waals surface area (Å²) in [4.78, 5) is 46.4. The molecule has 0 saturated carbocycles. The maximum Gasteiger partial charge on any atom is 0.358 e. The number of amides is 1. The molecule has 35 heavy (non-hydrogen) atoms. The van der Waals surface area contributed by atoms with E-state index in [-0.39, 0.29) is 18.8 Å². The summed E-state index contributed by atoms with van der Waals surface area (Å²) < 4.78 is 10.5. The minimum Gasteiger partial charge on any atom is -0.465 e. The third-order valence-corrected chi connectivity index (χ3v) is 5.14. The number of para-hydroxylation sites is 1. The summed E-state index contributed by atoms with van der Waals surface area (Å²) in [6.07, 6.45) is 3.27. The third-order valence-electron chi connectivity index (χ3n) is 5.14. The number of nitrogens with zero attached hydrogens (tertiary/aromatic N) is 2. The van der Waals surface area contributed by atoms with Gasteiger partial charge >= 0.3 is 11.9 Å². The fraction of sp³-hybridized carbons (Fsp3) is 0.154. The molecule has 2 heterocycles. The molecule has 1 amide bonds. The normalized spacial score (nSPS) is 10.5. The number of fused-ring (bicyclic) bond motifs is 1. The summed E-state index contributed by atoms with van der Waals surface area (Å²) >= 11 is 0. The van der Waals surface area contributed by atoms with Crippen molar-refractivity contribution in [1.29, 1.82) is 0 Å². The van der Waals surface area contributed by atoms with Crippen molar-refractivity contribution in [2.24, 2.45) is 0 Å². The van der Waals surface area contributed by atoms with Crippen LogP contribution in [0.15, 0.2) is 79.1 Å². The van der Waals surface area contributed by atoms with Gasteiger partial charge in [-0.25, -0.2) is 4.79 Å². The van der Waals surface area contributed by atoms with Crippen molar-refractivity contribution in [2.45, 2.75) is 6.92 Å². The summed E-state index contributed by atoms with van der Waals surface area (Å²) in [6.45, 7) is 1.05. The van der Waals surface area contributed by atoms with Crippen molar-refractivity contribution in [3.63, 3.8) is 0 Å². The predicted molar refractivity (Wildman–Crippen MR) is 130 cm³/mol. The SMILES string of the molecule is CCOC(=O)CN(COC(=O)c1[nH]c2ccccc2c1Nc1ccncc1)C(=O)c1ccccc1. The van der Waals surface area contributed by atoms with Crippen LogP contribution >= 0.6 is 0 Å². The quantitative estimate of drug-likeness (QED) is 0.278. The molecule has 0 unspecified atom stereocenters. The van der Waals surface area contributed by atoms with Gasteiger partial charge in [-0.2, -0.15) is 0 Å². The molecule has 178 valence electrons. The maximum absolute atomic E-state index is 13.1. The summed E-state index contributed by atoms with van der Waals surface area (Å²) in [7, 11) is 0. The highest BCUT2D eigenvalue weighted by Crippen LogP contribution is 2.31. The van der Waals surface area contributed by atoms with Crippen LogP contribution in [0.25, 0.3) is 10.9 Å². The lowest BCUT2D eigenvalue weighted by Gasteiger charge is -2.21. The summed E-state index contributed by atoms with van der Waals surface area (Å²) in [6, 6.07) is 19.4. The molecular weight excluding hydrogens is 448 g/mol. The zero-order valence-corrected chi connectivity index (χ0v) is 19.1. The number of nitrogens with one attached hydrogen (secondary N) is 2. The van der Waals surface area contributed by atoms with E-state index in [1.807, 2.05) is 24.3 Å². The minimum atomic E-state index is -0.688. The number of pyridine rings is 1. The van der Waals surface area contributed by atoms with Crippen molar-refractivity contribution in [2.75, 3.05) is 25.2 Å². The molecule has 0 atom stereocenters. The number of hydrogen-bond donors (Lipinski definition) is 2. The average Bonchev–Trinajstić information content (AvgIpc) is 3.25. The Hall–Kier alpha value is -4.66. The zero-order chi connectivity index (χ0) is 24.6. The van der Waals surface area contributed by atoms with E-state index in [0.29, 0.717) is 11.3 Å². The van der Waals surface area contributed by atoms with E-state index >= 15 is 0 Å². The molecule has 0 fully saturated rings. The van der Waals surface area contributed by atoms with Crippen molar-refractivity contribution in [3.05, 3.63) is 90.4 Å². The van der Waals surface area contributed by atoms with Gasteiger partial charge in [0.05, 0.1) is 12.3 Å². The number of carbonyl (C=O) groups excluding carboxylic acids is 3. The van der Waals surface area contributed by atoms with Crippen molar-refractivity contribution >= 4 is 40.1 Å². The van der Waals surface area contributed by atoms with Crippen LogP contribution in [0.5, 0.6) is 0 Å². The standard InChI is InChI=1S/C26H24N4O5/c1-2-34-22(31)16-30(25(32)18-8-4-3-5-9-18)17-35-26(33)24-23(28-19-12-14-27-15-13-19)20-10-6-7-11-21(20)29-24/h3-15,29H,2,16-17H2,1H3,(H,27,28). The highest BCUT2D eigenvalue weighted by atomic mass is 16.6. The molecule has 4 rings (SSSR count). The Morgan fingerprint density at radius 2 is 1.66 bits per heavy atom. The van der Waals surface area contributed by atoms with Gasteiger partial charge in [0.1, 0.15) is 12.2 Å². The first-order valence-electron chi connectivity index (χ1n) is 11.0. The minimum absolute atomic E-state index is 0.172. The van der Waals surface area contributed by atoms with Crippen LogP contribution in [0.3, 0.4) is 0 Å². The van der Waals surface area contributed by atoms with Crippen LogP contribution < -0.4 is 5.32 Å². The first-order valence-corrected chi connectivity index (χ1v) is 11.0. The maximum atomic E-state index is 13.1. The molecule has 4 aromatic rings.